The Labute approximate surface area is 156 Å². The van der Waals surface area contributed by atoms with Crippen LogP contribution in [0.4, 0.5) is 0 Å². The van der Waals surface area contributed by atoms with E-state index in [9.17, 15) is 0 Å². The van der Waals surface area contributed by atoms with Crippen molar-refractivity contribution in [1.82, 2.24) is 14.9 Å². The first-order chi connectivity index (χ1) is 12.5. The highest BCUT2D eigenvalue weighted by molar-refractivity contribution is 6.09. The van der Waals surface area contributed by atoms with E-state index in [2.05, 4.69) is 28.7 Å². The molecule has 0 bridgehead atoms. The minimum absolute atomic E-state index is 0.710. The van der Waals surface area contributed by atoms with Crippen molar-refractivity contribution in [3.8, 4) is 11.4 Å². The SMILES string of the molecule is C=C(/C=C\N(C)C)c1cnc(-c2cccc(/C(C=NC)=C/C)c2)nc1C. The van der Waals surface area contributed by atoms with E-state index in [-0.39, 0.29) is 0 Å². The standard InChI is InChI=1S/C22H26N4/c1-7-18(14-23-4)19-9-8-10-20(13-19)22-24-15-21(17(3)25-22)16(2)11-12-26(5)6/h7-15H,2H2,1,3-6H3/b12-11-,18-7+,23-14?. The van der Waals surface area contributed by atoms with Gasteiger partial charge < -0.3 is 4.90 Å². The van der Waals surface area contributed by atoms with Gasteiger partial charge in [0.25, 0.3) is 0 Å². The monoisotopic (exact) mass is 346 g/mol. The zero-order valence-electron chi connectivity index (χ0n) is 16.2. The molecular formula is C22H26N4. The van der Waals surface area contributed by atoms with E-state index in [1.165, 1.54) is 0 Å². The van der Waals surface area contributed by atoms with Crippen molar-refractivity contribution in [1.29, 1.82) is 0 Å². The van der Waals surface area contributed by atoms with Crippen molar-refractivity contribution >= 4 is 17.4 Å². The molecule has 4 nitrogen and oxygen atoms in total. The highest BCUT2D eigenvalue weighted by Crippen LogP contribution is 2.23. The van der Waals surface area contributed by atoms with Crippen molar-refractivity contribution in [3.05, 3.63) is 72.2 Å². The Morgan fingerprint density at radius 1 is 1.27 bits per heavy atom. The molecule has 0 fully saturated rings. The molecule has 0 amide bonds. The van der Waals surface area contributed by atoms with E-state index in [0.717, 1.165) is 33.5 Å². The number of hydrogen-bond acceptors (Lipinski definition) is 4. The van der Waals surface area contributed by atoms with Gasteiger partial charge in [-0.1, -0.05) is 30.9 Å². The molecule has 0 N–H and O–H groups in total. The number of aryl methyl sites for hydroxylation is 1. The number of aliphatic imine (C=N–C) groups is 1. The highest BCUT2D eigenvalue weighted by Gasteiger charge is 2.08. The largest absolute Gasteiger partial charge is 0.383 e. The van der Waals surface area contributed by atoms with Crippen molar-refractivity contribution in [2.75, 3.05) is 21.1 Å². The smallest absolute Gasteiger partial charge is 0.159 e. The molecule has 0 aliphatic carbocycles. The lowest BCUT2D eigenvalue weighted by Gasteiger charge is -2.10. The third kappa shape index (κ3) is 4.76. The van der Waals surface area contributed by atoms with Crippen LogP contribution < -0.4 is 0 Å². The van der Waals surface area contributed by atoms with Gasteiger partial charge in [-0.05, 0) is 48.9 Å². The molecule has 2 rings (SSSR count). The predicted octanol–water partition coefficient (Wildman–Crippen LogP) is 4.64. The van der Waals surface area contributed by atoms with E-state index >= 15 is 0 Å². The van der Waals surface area contributed by atoms with Gasteiger partial charge >= 0.3 is 0 Å². The maximum Gasteiger partial charge on any atom is 0.159 e. The molecule has 0 spiro atoms. The molecule has 0 atom stereocenters. The van der Waals surface area contributed by atoms with Crippen LogP contribution in [0.25, 0.3) is 22.5 Å². The molecule has 1 heterocycles. The second kappa shape index (κ2) is 8.90. The van der Waals surface area contributed by atoms with Gasteiger partial charge in [0, 0.05) is 50.4 Å². The Balaban J connectivity index is 2.36. The Hall–Kier alpha value is -3.01. The highest BCUT2D eigenvalue weighted by atomic mass is 15.0. The van der Waals surface area contributed by atoms with Gasteiger partial charge in [0.1, 0.15) is 0 Å². The zero-order valence-corrected chi connectivity index (χ0v) is 16.2. The van der Waals surface area contributed by atoms with Gasteiger partial charge in [-0.15, -0.1) is 0 Å². The summed E-state index contributed by atoms with van der Waals surface area (Å²) in [6.07, 6.45) is 9.68. The molecule has 1 aromatic heterocycles. The van der Waals surface area contributed by atoms with Crippen molar-refractivity contribution in [2.24, 2.45) is 4.99 Å². The van der Waals surface area contributed by atoms with Gasteiger partial charge in [0.15, 0.2) is 5.82 Å². The molecule has 0 aliphatic rings. The first-order valence-electron chi connectivity index (χ1n) is 8.53. The molecule has 0 saturated carbocycles. The van der Waals surface area contributed by atoms with Crippen LogP contribution in [0, 0.1) is 6.92 Å². The van der Waals surface area contributed by atoms with Crippen LogP contribution in [-0.4, -0.2) is 42.2 Å². The minimum atomic E-state index is 0.710. The summed E-state index contributed by atoms with van der Waals surface area (Å²) in [5, 5.41) is 0. The van der Waals surface area contributed by atoms with Gasteiger partial charge in [-0.25, -0.2) is 9.97 Å². The summed E-state index contributed by atoms with van der Waals surface area (Å²) >= 11 is 0. The van der Waals surface area contributed by atoms with Crippen LogP contribution in [0.3, 0.4) is 0 Å². The molecule has 1 aromatic carbocycles. The Kier molecular flexibility index (Phi) is 6.61. The fraction of sp³-hybridized carbons (Fsp3) is 0.227. The van der Waals surface area contributed by atoms with Crippen molar-refractivity contribution < 1.29 is 0 Å². The zero-order chi connectivity index (χ0) is 19.1. The predicted molar refractivity (Wildman–Crippen MR) is 112 cm³/mol. The molecule has 0 radical (unpaired) electrons. The molecule has 134 valence electrons. The second-order valence-corrected chi connectivity index (χ2v) is 6.21. The molecular weight excluding hydrogens is 320 g/mol. The summed E-state index contributed by atoms with van der Waals surface area (Å²) in [4.78, 5) is 15.3. The lowest BCUT2D eigenvalue weighted by atomic mass is 10.0. The van der Waals surface area contributed by atoms with E-state index < -0.39 is 0 Å². The van der Waals surface area contributed by atoms with E-state index in [1.54, 1.807) is 7.05 Å². The number of aromatic nitrogens is 2. The molecule has 2 aromatic rings. The molecule has 0 aliphatic heterocycles. The first kappa shape index (κ1) is 19.3. The molecule has 4 heteroatoms. The van der Waals surface area contributed by atoms with Gasteiger partial charge in [-0.2, -0.15) is 0 Å². The quantitative estimate of drug-likeness (QED) is 0.565. The lowest BCUT2D eigenvalue weighted by Crippen LogP contribution is -2.01. The van der Waals surface area contributed by atoms with Crippen LogP contribution in [-0.2, 0) is 0 Å². The number of hydrogen-bond donors (Lipinski definition) is 0. The molecule has 0 saturated heterocycles. The summed E-state index contributed by atoms with van der Waals surface area (Å²) in [6, 6.07) is 8.19. The number of rotatable bonds is 6. The third-order valence-electron chi connectivity index (χ3n) is 3.93. The van der Waals surface area contributed by atoms with Crippen LogP contribution >= 0.6 is 0 Å². The maximum absolute atomic E-state index is 4.69. The summed E-state index contributed by atoms with van der Waals surface area (Å²) in [6.45, 7) is 8.11. The Bertz CT molecular complexity index is 873. The second-order valence-electron chi connectivity index (χ2n) is 6.21. The number of benzene rings is 1. The summed E-state index contributed by atoms with van der Waals surface area (Å²) in [5.74, 6) is 0.710. The van der Waals surface area contributed by atoms with Gasteiger partial charge in [0.2, 0.25) is 0 Å². The van der Waals surface area contributed by atoms with Crippen LogP contribution in [0.5, 0.6) is 0 Å². The van der Waals surface area contributed by atoms with Crippen molar-refractivity contribution in [3.63, 3.8) is 0 Å². The van der Waals surface area contributed by atoms with Crippen LogP contribution in [0.1, 0.15) is 23.7 Å². The normalized spacial score (nSPS) is 12.1. The Morgan fingerprint density at radius 2 is 2.04 bits per heavy atom. The maximum atomic E-state index is 4.69. The number of allylic oxidation sites excluding steroid dienone is 4. The van der Waals surface area contributed by atoms with Crippen molar-refractivity contribution in [2.45, 2.75) is 13.8 Å². The lowest BCUT2D eigenvalue weighted by molar-refractivity contribution is 0.564. The third-order valence-corrected chi connectivity index (χ3v) is 3.93. The van der Waals surface area contributed by atoms with Crippen LogP contribution in [0.15, 0.2) is 60.4 Å². The average Bonchev–Trinajstić information content (AvgIpc) is 2.64. The first-order valence-corrected chi connectivity index (χ1v) is 8.53. The minimum Gasteiger partial charge on any atom is -0.383 e. The summed E-state index contributed by atoms with van der Waals surface area (Å²) in [7, 11) is 5.73. The van der Waals surface area contributed by atoms with Crippen LogP contribution in [0.2, 0.25) is 0 Å². The van der Waals surface area contributed by atoms with E-state index in [1.807, 2.05) is 75.7 Å². The molecule has 26 heavy (non-hydrogen) atoms. The van der Waals surface area contributed by atoms with Gasteiger partial charge in [0.05, 0.1) is 0 Å². The average molecular weight is 346 g/mol. The topological polar surface area (TPSA) is 41.4 Å². The fourth-order valence-corrected chi connectivity index (χ4v) is 2.54. The number of nitrogens with zero attached hydrogens (tertiary/aromatic N) is 4. The van der Waals surface area contributed by atoms with E-state index in [0.29, 0.717) is 5.82 Å². The summed E-state index contributed by atoms with van der Waals surface area (Å²) in [5.41, 5.74) is 5.91. The summed E-state index contributed by atoms with van der Waals surface area (Å²) < 4.78 is 0. The Morgan fingerprint density at radius 3 is 2.65 bits per heavy atom. The van der Waals surface area contributed by atoms with E-state index in [4.69, 9.17) is 4.98 Å². The molecule has 0 unspecified atom stereocenters. The van der Waals surface area contributed by atoms with Gasteiger partial charge in [-0.3, -0.25) is 4.99 Å². The fourth-order valence-electron chi connectivity index (χ4n) is 2.54.